The van der Waals surface area contributed by atoms with Crippen molar-refractivity contribution in [2.45, 2.75) is 19.5 Å². The number of hydrogen-bond donors (Lipinski definition) is 2. The van der Waals surface area contributed by atoms with Crippen molar-refractivity contribution in [2.75, 3.05) is 6.54 Å². The maximum atomic E-state index is 10.6. The Hall–Kier alpha value is -1.17. The third kappa shape index (κ3) is 3.16. The minimum Gasteiger partial charge on any atom is -0.329 e. The lowest BCUT2D eigenvalue weighted by Gasteiger charge is -2.11. The van der Waals surface area contributed by atoms with E-state index in [1.165, 1.54) is 6.07 Å². The van der Waals surface area contributed by atoms with Gasteiger partial charge in [-0.2, -0.15) is 0 Å². The van der Waals surface area contributed by atoms with Gasteiger partial charge in [0, 0.05) is 25.2 Å². The molecule has 0 heterocycles. The van der Waals surface area contributed by atoms with Gasteiger partial charge in [0.15, 0.2) is 0 Å². The normalized spacial score (nSPS) is 12.4. The van der Waals surface area contributed by atoms with Gasteiger partial charge in [0.1, 0.15) is 5.02 Å². The first-order chi connectivity index (χ1) is 7.56. The van der Waals surface area contributed by atoms with E-state index in [4.69, 9.17) is 17.3 Å². The van der Waals surface area contributed by atoms with E-state index in [1.54, 1.807) is 12.1 Å². The van der Waals surface area contributed by atoms with Crippen molar-refractivity contribution in [1.82, 2.24) is 5.32 Å². The van der Waals surface area contributed by atoms with E-state index in [2.05, 4.69) is 5.32 Å². The monoisotopic (exact) mass is 243 g/mol. The highest BCUT2D eigenvalue weighted by Crippen LogP contribution is 2.27. The van der Waals surface area contributed by atoms with Crippen LogP contribution in [0.4, 0.5) is 5.69 Å². The van der Waals surface area contributed by atoms with Crippen molar-refractivity contribution in [1.29, 1.82) is 0 Å². The number of nitro groups is 1. The van der Waals surface area contributed by atoms with Crippen LogP contribution in [-0.2, 0) is 6.54 Å². The fraction of sp³-hybridized carbons (Fsp3) is 0.400. The van der Waals surface area contributed by atoms with Crippen LogP contribution in [0.5, 0.6) is 0 Å². The standard InChI is InChI=1S/C10H14ClN3O2/c1-7(5-12)13-6-8-3-2-4-9(10(8)11)14(15)16/h2-4,7,13H,5-6,12H2,1H3/t7-/m1/s1. The molecule has 1 rings (SSSR count). The predicted octanol–water partition coefficient (Wildman–Crippen LogP) is 1.69. The molecule has 0 aliphatic heterocycles. The molecule has 0 spiro atoms. The third-order valence-electron chi connectivity index (χ3n) is 2.25. The van der Waals surface area contributed by atoms with Gasteiger partial charge < -0.3 is 11.1 Å². The quantitative estimate of drug-likeness (QED) is 0.609. The Kier molecular flexibility index (Phi) is 4.67. The number of nitrogens with one attached hydrogen (secondary N) is 1. The summed E-state index contributed by atoms with van der Waals surface area (Å²) in [6.45, 7) is 2.91. The average molecular weight is 244 g/mol. The first-order valence-corrected chi connectivity index (χ1v) is 5.29. The van der Waals surface area contributed by atoms with Crippen LogP contribution in [0.15, 0.2) is 18.2 Å². The molecule has 0 saturated heterocycles. The molecule has 0 radical (unpaired) electrons. The zero-order valence-corrected chi connectivity index (χ0v) is 9.70. The molecule has 16 heavy (non-hydrogen) atoms. The van der Waals surface area contributed by atoms with Gasteiger partial charge in [-0.15, -0.1) is 0 Å². The van der Waals surface area contributed by atoms with E-state index in [1.807, 2.05) is 6.92 Å². The van der Waals surface area contributed by atoms with Crippen molar-refractivity contribution in [3.63, 3.8) is 0 Å². The zero-order chi connectivity index (χ0) is 12.1. The molecule has 0 aromatic heterocycles. The Morgan fingerprint density at radius 3 is 2.88 bits per heavy atom. The van der Waals surface area contributed by atoms with E-state index in [-0.39, 0.29) is 16.8 Å². The molecule has 0 unspecified atom stereocenters. The number of nitrogens with zero attached hydrogens (tertiary/aromatic N) is 1. The summed E-state index contributed by atoms with van der Waals surface area (Å²) >= 11 is 5.92. The largest absolute Gasteiger partial charge is 0.329 e. The molecule has 0 saturated carbocycles. The minimum absolute atomic E-state index is 0.0682. The molecule has 0 aliphatic rings. The first kappa shape index (κ1) is 12.9. The highest BCUT2D eigenvalue weighted by molar-refractivity contribution is 6.33. The summed E-state index contributed by atoms with van der Waals surface area (Å²) in [5.74, 6) is 0. The summed E-state index contributed by atoms with van der Waals surface area (Å²) in [6.07, 6.45) is 0. The van der Waals surface area contributed by atoms with E-state index >= 15 is 0 Å². The lowest BCUT2D eigenvalue weighted by atomic mass is 10.2. The van der Waals surface area contributed by atoms with Crippen LogP contribution < -0.4 is 11.1 Å². The molecular formula is C10H14ClN3O2. The Morgan fingerprint density at radius 2 is 2.31 bits per heavy atom. The molecule has 6 heteroatoms. The maximum absolute atomic E-state index is 10.6. The summed E-state index contributed by atoms with van der Waals surface area (Å²) in [4.78, 5) is 10.2. The molecule has 0 amide bonds. The summed E-state index contributed by atoms with van der Waals surface area (Å²) in [6, 6.07) is 4.91. The Labute approximate surface area is 98.7 Å². The molecule has 3 N–H and O–H groups in total. The SMILES string of the molecule is C[C@H](CN)NCc1cccc([N+](=O)[O-])c1Cl. The average Bonchev–Trinajstić information content (AvgIpc) is 2.26. The van der Waals surface area contributed by atoms with Crippen LogP contribution in [0.1, 0.15) is 12.5 Å². The van der Waals surface area contributed by atoms with Crippen LogP contribution in [0.25, 0.3) is 0 Å². The van der Waals surface area contributed by atoms with Crippen LogP contribution in [0.3, 0.4) is 0 Å². The highest BCUT2D eigenvalue weighted by atomic mass is 35.5. The van der Waals surface area contributed by atoms with Crippen molar-refractivity contribution in [2.24, 2.45) is 5.73 Å². The Bertz CT molecular complexity index is 384. The second-order valence-corrected chi connectivity index (χ2v) is 3.90. The molecular weight excluding hydrogens is 230 g/mol. The van der Waals surface area contributed by atoms with E-state index < -0.39 is 4.92 Å². The molecule has 0 bridgehead atoms. The van der Waals surface area contributed by atoms with Crippen molar-refractivity contribution >= 4 is 17.3 Å². The number of hydrogen-bond acceptors (Lipinski definition) is 4. The zero-order valence-electron chi connectivity index (χ0n) is 8.94. The topological polar surface area (TPSA) is 81.2 Å². The molecule has 1 atom stereocenters. The van der Waals surface area contributed by atoms with Gasteiger partial charge in [0.2, 0.25) is 0 Å². The minimum atomic E-state index is -0.488. The smallest absolute Gasteiger partial charge is 0.288 e. The fourth-order valence-corrected chi connectivity index (χ4v) is 1.47. The first-order valence-electron chi connectivity index (χ1n) is 4.91. The maximum Gasteiger partial charge on any atom is 0.288 e. The Balaban J connectivity index is 2.81. The van der Waals surface area contributed by atoms with Gasteiger partial charge in [0.05, 0.1) is 4.92 Å². The van der Waals surface area contributed by atoms with Crippen molar-refractivity contribution in [3.05, 3.63) is 38.9 Å². The van der Waals surface area contributed by atoms with Crippen LogP contribution in [0, 0.1) is 10.1 Å². The summed E-state index contributed by atoms with van der Waals surface area (Å²) < 4.78 is 0. The van der Waals surface area contributed by atoms with Gasteiger partial charge in [-0.05, 0) is 12.5 Å². The molecule has 1 aromatic rings. The second-order valence-electron chi connectivity index (χ2n) is 3.53. The fourth-order valence-electron chi connectivity index (χ4n) is 1.21. The summed E-state index contributed by atoms with van der Waals surface area (Å²) in [7, 11) is 0. The molecule has 1 aromatic carbocycles. The number of nitrogens with two attached hydrogens (primary N) is 1. The Morgan fingerprint density at radius 1 is 1.62 bits per heavy atom. The lowest BCUT2D eigenvalue weighted by molar-refractivity contribution is -0.384. The number of nitro benzene ring substituents is 1. The molecule has 5 nitrogen and oxygen atoms in total. The van der Waals surface area contributed by atoms with Crippen LogP contribution in [-0.4, -0.2) is 17.5 Å². The summed E-state index contributed by atoms with van der Waals surface area (Å²) in [5, 5.41) is 14.0. The van der Waals surface area contributed by atoms with Crippen LogP contribution in [0.2, 0.25) is 5.02 Å². The second kappa shape index (κ2) is 5.79. The molecule has 88 valence electrons. The number of rotatable bonds is 5. The predicted molar refractivity (Wildman–Crippen MR) is 63.5 cm³/mol. The van der Waals surface area contributed by atoms with Gasteiger partial charge >= 0.3 is 0 Å². The number of benzene rings is 1. The lowest BCUT2D eigenvalue weighted by Crippen LogP contribution is -2.32. The van der Waals surface area contributed by atoms with Gasteiger partial charge in [-0.3, -0.25) is 10.1 Å². The number of halogens is 1. The van der Waals surface area contributed by atoms with E-state index in [0.717, 1.165) is 0 Å². The van der Waals surface area contributed by atoms with Gasteiger partial charge in [0.25, 0.3) is 5.69 Å². The van der Waals surface area contributed by atoms with E-state index in [9.17, 15) is 10.1 Å². The van der Waals surface area contributed by atoms with E-state index in [0.29, 0.717) is 18.7 Å². The molecule has 0 aliphatic carbocycles. The van der Waals surface area contributed by atoms with Crippen molar-refractivity contribution < 1.29 is 4.92 Å². The van der Waals surface area contributed by atoms with Gasteiger partial charge in [-0.25, -0.2) is 0 Å². The third-order valence-corrected chi connectivity index (χ3v) is 2.69. The summed E-state index contributed by atoms with van der Waals surface area (Å²) in [5.41, 5.74) is 6.09. The van der Waals surface area contributed by atoms with Crippen LogP contribution >= 0.6 is 11.6 Å². The highest BCUT2D eigenvalue weighted by Gasteiger charge is 2.15. The molecule has 0 fully saturated rings. The van der Waals surface area contributed by atoms with Crippen molar-refractivity contribution in [3.8, 4) is 0 Å². The van der Waals surface area contributed by atoms with Gasteiger partial charge in [-0.1, -0.05) is 23.7 Å².